The van der Waals surface area contributed by atoms with Crippen LogP contribution in [0.5, 0.6) is 11.5 Å². The fourth-order valence-electron chi connectivity index (χ4n) is 4.48. The van der Waals surface area contributed by atoms with Crippen LogP contribution in [0, 0.1) is 0 Å². The molecule has 11 heteroatoms. The summed E-state index contributed by atoms with van der Waals surface area (Å²) in [6, 6.07) is 15.2. The number of alkyl carbamates (subject to hydrolysis) is 1. The summed E-state index contributed by atoms with van der Waals surface area (Å²) in [5.74, 6) is 1.22. The maximum Gasteiger partial charge on any atom is 0.407 e. The molecule has 1 aliphatic heterocycles. The number of hydrogen-bond acceptors (Lipinski definition) is 7. The lowest BCUT2D eigenvalue weighted by atomic mass is 10.2. The number of sulfonamides is 1. The number of thioether (sulfide) groups is 1. The van der Waals surface area contributed by atoms with Gasteiger partial charge < -0.3 is 19.7 Å². The topological polar surface area (TPSA) is 114 Å². The third kappa shape index (κ3) is 11.5. The van der Waals surface area contributed by atoms with Crippen LogP contribution in [0.25, 0.3) is 0 Å². The van der Waals surface area contributed by atoms with Gasteiger partial charge in [0.15, 0.2) is 0 Å². The van der Waals surface area contributed by atoms with Crippen molar-refractivity contribution < 1.29 is 27.5 Å². The van der Waals surface area contributed by atoms with Crippen molar-refractivity contribution in [1.29, 1.82) is 0 Å². The SMILES string of the molecule is CC(C)(C)OC(=O)NCCCCCC(=O)N1C[C@@H](NS(=O)(=O)c2ccc(Oc3ccccc3)cc2)[C@H](SC(C)(C)C)C1. The molecule has 0 radical (unpaired) electrons. The Hall–Kier alpha value is -2.76. The Labute approximate surface area is 255 Å². The van der Waals surface area contributed by atoms with Crippen molar-refractivity contribution in [1.82, 2.24) is 14.9 Å². The molecule has 1 fully saturated rings. The van der Waals surface area contributed by atoms with Gasteiger partial charge in [0.2, 0.25) is 15.9 Å². The quantitative estimate of drug-likeness (QED) is 0.282. The number of nitrogens with one attached hydrogen (secondary N) is 2. The number of nitrogens with zero attached hydrogens (tertiary/aromatic N) is 1. The number of likely N-dealkylation sites (tertiary alicyclic amines) is 1. The van der Waals surface area contributed by atoms with Gasteiger partial charge in [0.25, 0.3) is 0 Å². The first kappa shape index (κ1) is 33.7. The van der Waals surface area contributed by atoms with Gasteiger partial charge in [-0.25, -0.2) is 17.9 Å². The third-order valence-electron chi connectivity index (χ3n) is 6.28. The minimum atomic E-state index is -3.82. The predicted molar refractivity (Wildman–Crippen MR) is 167 cm³/mol. The number of carbonyl (C=O) groups excluding carboxylic acids is 2. The number of benzene rings is 2. The van der Waals surface area contributed by atoms with Crippen LogP contribution < -0.4 is 14.8 Å². The number of ether oxygens (including phenoxy) is 2. The molecule has 42 heavy (non-hydrogen) atoms. The van der Waals surface area contributed by atoms with Crippen molar-refractivity contribution in [3.8, 4) is 11.5 Å². The molecule has 0 bridgehead atoms. The molecule has 1 aliphatic rings. The molecule has 1 heterocycles. The van der Waals surface area contributed by atoms with Gasteiger partial charge in [0.1, 0.15) is 17.1 Å². The second-order valence-electron chi connectivity index (χ2n) is 12.4. The van der Waals surface area contributed by atoms with E-state index in [9.17, 15) is 18.0 Å². The van der Waals surface area contributed by atoms with Crippen LogP contribution in [-0.4, -0.2) is 66.6 Å². The standard InChI is InChI=1S/C31H45N3O6S2/c1-30(2,3)40-29(36)32-20-12-8-11-15-28(35)34-21-26(27(22-34)41-31(4,5)6)33-42(37,38)25-18-16-24(17-19-25)39-23-13-9-7-10-14-23/h7,9-10,13-14,16-19,26-27,33H,8,11-12,15,20-22H2,1-6H3,(H,32,36)/t26-,27-/m1/s1. The van der Waals surface area contributed by atoms with Crippen molar-refractivity contribution in [3.63, 3.8) is 0 Å². The summed E-state index contributed by atoms with van der Waals surface area (Å²) in [6.07, 6.45) is 2.16. The highest BCUT2D eigenvalue weighted by molar-refractivity contribution is 8.01. The lowest BCUT2D eigenvalue weighted by molar-refractivity contribution is -0.130. The van der Waals surface area contributed by atoms with Crippen LogP contribution in [0.15, 0.2) is 59.5 Å². The van der Waals surface area contributed by atoms with E-state index < -0.39 is 27.8 Å². The zero-order chi connectivity index (χ0) is 31.0. The van der Waals surface area contributed by atoms with Gasteiger partial charge >= 0.3 is 6.09 Å². The molecular weight excluding hydrogens is 574 g/mol. The molecule has 1 saturated heterocycles. The Morgan fingerprint density at radius 1 is 0.905 bits per heavy atom. The number of hydrogen-bond donors (Lipinski definition) is 2. The first-order valence-electron chi connectivity index (χ1n) is 14.4. The van der Waals surface area contributed by atoms with E-state index >= 15 is 0 Å². The van der Waals surface area contributed by atoms with E-state index in [1.54, 1.807) is 28.8 Å². The zero-order valence-corrected chi connectivity index (χ0v) is 27.1. The van der Waals surface area contributed by atoms with E-state index in [1.165, 1.54) is 12.1 Å². The monoisotopic (exact) mass is 619 g/mol. The van der Waals surface area contributed by atoms with E-state index in [1.807, 2.05) is 51.1 Å². The Morgan fingerprint density at radius 3 is 2.17 bits per heavy atom. The van der Waals surface area contributed by atoms with Gasteiger partial charge in [0, 0.05) is 36.1 Å². The van der Waals surface area contributed by atoms with Crippen molar-refractivity contribution >= 4 is 33.8 Å². The highest BCUT2D eigenvalue weighted by atomic mass is 32.2. The first-order valence-corrected chi connectivity index (χ1v) is 16.8. The molecule has 2 aromatic carbocycles. The van der Waals surface area contributed by atoms with Gasteiger partial charge in [-0.05, 0) is 70.0 Å². The molecule has 3 rings (SSSR count). The fourth-order valence-corrected chi connectivity index (χ4v) is 7.32. The van der Waals surface area contributed by atoms with E-state index in [4.69, 9.17) is 9.47 Å². The zero-order valence-electron chi connectivity index (χ0n) is 25.5. The minimum Gasteiger partial charge on any atom is -0.457 e. The van der Waals surface area contributed by atoms with Crippen LogP contribution in [0.2, 0.25) is 0 Å². The van der Waals surface area contributed by atoms with Gasteiger partial charge in [0.05, 0.1) is 10.9 Å². The Balaban J connectivity index is 1.53. The number of para-hydroxylation sites is 1. The van der Waals surface area contributed by atoms with E-state index in [0.29, 0.717) is 44.0 Å². The van der Waals surface area contributed by atoms with E-state index in [0.717, 1.165) is 12.8 Å². The second kappa shape index (κ2) is 14.6. The smallest absolute Gasteiger partial charge is 0.407 e. The molecule has 2 aromatic rings. The molecule has 0 aromatic heterocycles. The van der Waals surface area contributed by atoms with Crippen LogP contribution in [0.4, 0.5) is 4.79 Å². The molecule has 0 aliphatic carbocycles. The van der Waals surface area contributed by atoms with Gasteiger partial charge in [-0.15, -0.1) is 11.8 Å². The highest BCUT2D eigenvalue weighted by Crippen LogP contribution is 2.34. The number of rotatable bonds is 12. The molecule has 0 saturated carbocycles. The lowest BCUT2D eigenvalue weighted by Gasteiger charge is -2.26. The molecule has 0 spiro atoms. The van der Waals surface area contributed by atoms with Gasteiger partial charge in [-0.1, -0.05) is 45.4 Å². The van der Waals surface area contributed by atoms with Crippen molar-refractivity contribution in [3.05, 3.63) is 54.6 Å². The molecule has 2 N–H and O–H groups in total. The summed E-state index contributed by atoms with van der Waals surface area (Å²) < 4.78 is 40.5. The average Bonchev–Trinajstić information content (AvgIpc) is 3.25. The van der Waals surface area contributed by atoms with Crippen LogP contribution in [0.1, 0.15) is 67.2 Å². The molecular formula is C31H45N3O6S2. The maximum absolute atomic E-state index is 13.3. The van der Waals surface area contributed by atoms with Crippen molar-refractivity contribution in [2.24, 2.45) is 0 Å². The second-order valence-corrected chi connectivity index (χ2v) is 16.2. The summed E-state index contributed by atoms with van der Waals surface area (Å²) in [4.78, 5) is 26.7. The Morgan fingerprint density at radius 2 is 1.55 bits per heavy atom. The van der Waals surface area contributed by atoms with Crippen LogP contribution in [0.3, 0.4) is 0 Å². The number of carbonyl (C=O) groups is 2. The summed E-state index contributed by atoms with van der Waals surface area (Å²) in [7, 11) is -3.82. The molecule has 2 amide bonds. The Kier molecular flexibility index (Phi) is 11.7. The van der Waals surface area contributed by atoms with Crippen LogP contribution in [-0.2, 0) is 19.6 Å². The van der Waals surface area contributed by atoms with Crippen LogP contribution >= 0.6 is 11.8 Å². The maximum atomic E-state index is 13.3. The predicted octanol–water partition coefficient (Wildman–Crippen LogP) is 5.95. The summed E-state index contributed by atoms with van der Waals surface area (Å²) >= 11 is 1.68. The third-order valence-corrected chi connectivity index (χ3v) is 9.27. The van der Waals surface area contributed by atoms with Gasteiger partial charge in [-0.2, -0.15) is 0 Å². The van der Waals surface area contributed by atoms with Crippen molar-refractivity contribution in [2.75, 3.05) is 19.6 Å². The normalized spacial score (nSPS) is 17.6. The highest BCUT2D eigenvalue weighted by Gasteiger charge is 2.39. The fraction of sp³-hybridized carbons (Fsp3) is 0.548. The van der Waals surface area contributed by atoms with Gasteiger partial charge in [-0.3, -0.25) is 4.79 Å². The summed E-state index contributed by atoms with van der Waals surface area (Å²) in [5, 5.41) is 2.65. The molecule has 2 atom stereocenters. The number of unbranched alkanes of at least 4 members (excludes halogenated alkanes) is 2. The molecule has 232 valence electrons. The molecule has 0 unspecified atom stereocenters. The lowest BCUT2D eigenvalue weighted by Crippen LogP contribution is -2.43. The van der Waals surface area contributed by atoms with Crippen molar-refractivity contribution in [2.45, 2.75) is 93.8 Å². The summed E-state index contributed by atoms with van der Waals surface area (Å²) in [6.45, 7) is 13.0. The Bertz CT molecular complexity index is 1270. The minimum absolute atomic E-state index is 0.0127. The molecule has 9 nitrogen and oxygen atoms in total. The largest absolute Gasteiger partial charge is 0.457 e. The average molecular weight is 620 g/mol. The van der Waals surface area contributed by atoms with E-state index in [2.05, 4.69) is 30.8 Å². The first-order chi connectivity index (χ1) is 19.6. The van der Waals surface area contributed by atoms with E-state index in [-0.39, 0.29) is 20.8 Å². The number of amides is 2. The summed E-state index contributed by atoms with van der Waals surface area (Å²) in [5.41, 5.74) is -0.538.